The molecule has 1 aliphatic rings. The van der Waals surface area contributed by atoms with Gasteiger partial charge in [-0.25, -0.2) is 8.42 Å². The topological polar surface area (TPSA) is 75.3 Å². The summed E-state index contributed by atoms with van der Waals surface area (Å²) in [7, 11) is -3.81. The van der Waals surface area contributed by atoms with Crippen LogP contribution in [0, 0.1) is 5.92 Å². The van der Waals surface area contributed by atoms with E-state index in [-0.39, 0.29) is 29.0 Å². The number of amides is 1. The van der Waals surface area contributed by atoms with Crippen molar-refractivity contribution in [2.75, 3.05) is 4.72 Å². The van der Waals surface area contributed by atoms with Crippen molar-refractivity contribution in [1.82, 2.24) is 5.32 Å². The summed E-state index contributed by atoms with van der Waals surface area (Å²) < 4.78 is 66.1. The molecule has 0 spiro atoms. The summed E-state index contributed by atoms with van der Waals surface area (Å²) in [6.07, 6.45) is -3.45. The van der Waals surface area contributed by atoms with E-state index in [4.69, 9.17) is 0 Å². The molecule has 2 aromatic rings. The number of rotatable bonds is 5. The number of carbonyl (C=O) groups excluding carboxylic acids is 1. The predicted octanol–water partition coefficient (Wildman–Crippen LogP) is 4.34. The molecule has 29 heavy (non-hydrogen) atoms. The molecule has 2 aromatic carbocycles. The Morgan fingerprint density at radius 3 is 2.41 bits per heavy atom. The molecule has 0 unspecified atom stereocenters. The maximum absolute atomic E-state index is 12.9. The number of halogens is 3. The van der Waals surface area contributed by atoms with E-state index >= 15 is 0 Å². The Hall–Kier alpha value is -2.55. The van der Waals surface area contributed by atoms with Gasteiger partial charge in [0.25, 0.3) is 15.9 Å². The number of anilines is 1. The van der Waals surface area contributed by atoms with Crippen LogP contribution in [0.2, 0.25) is 0 Å². The van der Waals surface area contributed by atoms with Gasteiger partial charge in [0.15, 0.2) is 0 Å². The highest BCUT2D eigenvalue weighted by Gasteiger charge is 2.42. The van der Waals surface area contributed by atoms with E-state index in [1.807, 2.05) is 0 Å². The zero-order valence-corrected chi connectivity index (χ0v) is 16.3. The van der Waals surface area contributed by atoms with E-state index in [2.05, 4.69) is 10.0 Å². The van der Waals surface area contributed by atoms with Gasteiger partial charge in [-0.2, -0.15) is 13.2 Å². The molecule has 0 aromatic heterocycles. The second-order valence-electron chi connectivity index (χ2n) is 7.07. The minimum atomic E-state index is -4.26. The molecule has 9 heteroatoms. The highest BCUT2D eigenvalue weighted by atomic mass is 32.2. The van der Waals surface area contributed by atoms with Crippen LogP contribution in [0.3, 0.4) is 0 Å². The van der Waals surface area contributed by atoms with Crippen molar-refractivity contribution in [2.45, 2.75) is 42.8 Å². The molecule has 0 heterocycles. The highest BCUT2D eigenvalue weighted by Crippen LogP contribution is 2.37. The van der Waals surface area contributed by atoms with Crippen LogP contribution in [0.5, 0.6) is 0 Å². The SMILES string of the molecule is O=C(N[C@@H]1CCC[C@H](C(F)(F)F)C1)c1cccc(NS(=O)(=O)c2ccccc2)c1. The molecule has 5 nitrogen and oxygen atoms in total. The molecule has 3 rings (SSSR count). The summed E-state index contributed by atoms with van der Waals surface area (Å²) in [4.78, 5) is 12.6. The van der Waals surface area contributed by atoms with Crippen molar-refractivity contribution in [3.8, 4) is 0 Å². The lowest BCUT2D eigenvalue weighted by Crippen LogP contribution is -2.41. The van der Waals surface area contributed by atoms with Crippen LogP contribution < -0.4 is 10.0 Å². The molecule has 1 saturated carbocycles. The smallest absolute Gasteiger partial charge is 0.349 e. The molecular weight excluding hydrogens is 405 g/mol. The summed E-state index contributed by atoms with van der Waals surface area (Å²) in [6.45, 7) is 0. The second kappa shape index (κ2) is 8.44. The van der Waals surface area contributed by atoms with Gasteiger partial charge >= 0.3 is 6.18 Å². The Kier molecular flexibility index (Phi) is 6.16. The largest absolute Gasteiger partial charge is 0.391 e. The Balaban J connectivity index is 1.68. The zero-order valence-electron chi connectivity index (χ0n) is 15.4. The fourth-order valence-corrected chi connectivity index (χ4v) is 4.50. The highest BCUT2D eigenvalue weighted by molar-refractivity contribution is 7.92. The standard InChI is InChI=1S/C20H21F3N2O3S/c21-20(22,23)15-7-5-8-16(13-15)24-19(26)14-6-4-9-17(12-14)25-29(27,28)18-10-2-1-3-11-18/h1-4,6,9-12,15-16,25H,5,7-8,13H2,(H,24,26)/t15-,16+/m0/s1. The Morgan fingerprint density at radius 2 is 1.72 bits per heavy atom. The van der Waals surface area contributed by atoms with E-state index in [1.165, 1.54) is 36.4 Å². The lowest BCUT2D eigenvalue weighted by atomic mass is 9.85. The number of hydrogen-bond donors (Lipinski definition) is 2. The monoisotopic (exact) mass is 426 g/mol. The summed E-state index contributed by atoms with van der Waals surface area (Å²) in [5, 5.41) is 2.64. The van der Waals surface area contributed by atoms with Crippen molar-refractivity contribution in [3.63, 3.8) is 0 Å². The summed E-state index contributed by atoms with van der Waals surface area (Å²) >= 11 is 0. The molecule has 1 fully saturated rings. The number of nitrogens with one attached hydrogen (secondary N) is 2. The van der Waals surface area contributed by atoms with Crippen LogP contribution in [0.1, 0.15) is 36.0 Å². The van der Waals surface area contributed by atoms with E-state index in [9.17, 15) is 26.4 Å². The Morgan fingerprint density at radius 1 is 1.00 bits per heavy atom. The lowest BCUT2D eigenvalue weighted by molar-refractivity contribution is -0.183. The van der Waals surface area contributed by atoms with Crippen molar-refractivity contribution >= 4 is 21.6 Å². The average molecular weight is 426 g/mol. The van der Waals surface area contributed by atoms with E-state index in [0.29, 0.717) is 12.8 Å². The maximum Gasteiger partial charge on any atom is 0.391 e. The first-order chi connectivity index (χ1) is 13.6. The summed E-state index contributed by atoms with van der Waals surface area (Å²) in [5.74, 6) is -1.94. The van der Waals surface area contributed by atoms with E-state index in [1.54, 1.807) is 18.2 Å². The Bertz CT molecular complexity index is 962. The van der Waals surface area contributed by atoms with Gasteiger partial charge in [-0.15, -0.1) is 0 Å². The minimum absolute atomic E-state index is 0.0760. The maximum atomic E-state index is 12.9. The van der Waals surface area contributed by atoms with Gasteiger partial charge in [0.05, 0.1) is 10.8 Å². The van der Waals surface area contributed by atoms with Crippen molar-refractivity contribution in [1.29, 1.82) is 0 Å². The van der Waals surface area contributed by atoms with Gasteiger partial charge in [-0.3, -0.25) is 9.52 Å². The molecule has 156 valence electrons. The molecule has 2 atom stereocenters. The number of hydrogen-bond acceptors (Lipinski definition) is 3. The molecule has 1 aliphatic carbocycles. The van der Waals surface area contributed by atoms with Gasteiger partial charge in [0.1, 0.15) is 0 Å². The van der Waals surface area contributed by atoms with Crippen LogP contribution in [0.15, 0.2) is 59.5 Å². The first kappa shape index (κ1) is 21.2. The molecule has 0 saturated heterocycles. The van der Waals surface area contributed by atoms with Crippen LogP contribution in [-0.2, 0) is 10.0 Å². The normalized spacial score (nSPS) is 20.1. The van der Waals surface area contributed by atoms with E-state index in [0.717, 1.165) is 0 Å². The predicted molar refractivity (Wildman–Crippen MR) is 103 cm³/mol. The first-order valence-electron chi connectivity index (χ1n) is 9.21. The quantitative estimate of drug-likeness (QED) is 0.747. The van der Waals surface area contributed by atoms with Crippen LogP contribution in [0.25, 0.3) is 0 Å². The molecule has 0 aliphatic heterocycles. The average Bonchev–Trinajstić information content (AvgIpc) is 2.68. The molecule has 2 N–H and O–H groups in total. The van der Waals surface area contributed by atoms with Crippen molar-refractivity contribution < 1.29 is 26.4 Å². The van der Waals surface area contributed by atoms with E-state index < -0.39 is 34.1 Å². The molecular formula is C20H21F3N2O3S. The molecule has 0 bridgehead atoms. The zero-order chi connectivity index (χ0) is 21.1. The van der Waals surface area contributed by atoms with Gasteiger partial charge in [0.2, 0.25) is 0 Å². The number of alkyl halides is 3. The molecule has 0 radical (unpaired) electrons. The van der Waals surface area contributed by atoms with Gasteiger partial charge in [-0.05, 0) is 49.6 Å². The van der Waals surface area contributed by atoms with Crippen molar-refractivity contribution in [2.24, 2.45) is 5.92 Å². The van der Waals surface area contributed by atoms with Gasteiger partial charge in [0, 0.05) is 17.3 Å². The third-order valence-electron chi connectivity index (χ3n) is 4.90. The third kappa shape index (κ3) is 5.50. The van der Waals surface area contributed by atoms with Crippen LogP contribution in [-0.4, -0.2) is 26.5 Å². The first-order valence-corrected chi connectivity index (χ1v) is 10.7. The Labute approximate surface area is 167 Å². The fourth-order valence-electron chi connectivity index (χ4n) is 3.42. The van der Waals surface area contributed by atoms with Crippen molar-refractivity contribution in [3.05, 3.63) is 60.2 Å². The number of sulfonamides is 1. The fraction of sp³-hybridized carbons (Fsp3) is 0.350. The second-order valence-corrected chi connectivity index (χ2v) is 8.76. The van der Waals surface area contributed by atoms with Gasteiger partial charge < -0.3 is 5.32 Å². The van der Waals surface area contributed by atoms with Gasteiger partial charge in [-0.1, -0.05) is 30.7 Å². The number of carbonyl (C=O) groups is 1. The lowest BCUT2D eigenvalue weighted by Gasteiger charge is -2.31. The summed E-state index contributed by atoms with van der Waals surface area (Å²) in [6, 6.07) is 13.1. The minimum Gasteiger partial charge on any atom is -0.349 e. The summed E-state index contributed by atoms with van der Waals surface area (Å²) in [5.41, 5.74) is 0.366. The van der Waals surface area contributed by atoms with Crippen LogP contribution in [0.4, 0.5) is 18.9 Å². The van der Waals surface area contributed by atoms with Crippen LogP contribution >= 0.6 is 0 Å². The molecule has 1 amide bonds. The number of benzene rings is 2. The third-order valence-corrected chi connectivity index (χ3v) is 6.30.